The summed E-state index contributed by atoms with van der Waals surface area (Å²) in [4.78, 5) is 21.2. The molecule has 0 saturated heterocycles. The molecule has 0 bridgehead atoms. The van der Waals surface area contributed by atoms with E-state index in [1.807, 2.05) is 0 Å². The molecule has 94 valence electrons. The van der Waals surface area contributed by atoms with Gasteiger partial charge in [-0.15, -0.1) is 10.2 Å². The maximum atomic E-state index is 11.1. The lowest BCUT2D eigenvalue weighted by molar-refractivity contribution is -0.384. The van der Waals surface area contributed by atoms with E-state index in [0.29, 0.717) is 0 Å². The van der Waals surface area contributed by atoms with Gasteiger partial charge in [0.05, 0.1) is 4.92 Å². The fourth-order valence-electron chi connectivity index (χ4n) is 1.20. The summed E-state index contributed by atoms with van der Waals surface area (Å²) in [5.74, 6) is -0.762. The number of nitro benzene ring substituents is 1. The fraction of sp³-hybridized carbons (Fsp3) is 0.182. The number of benzene rings is 1. The molecule has 1 N–H and O–H groups in total. The molecule has 0 atom stereocenters. The van der Waals surface area contributed by atoms with Crippen molar-refractivity contribution in [3.8, 4) is 0 Å². The largest absolute Gasteiger partial charge is 0.510 e. The Morgan fingerprint density at radius 3 is 2.44 bits per heavy atom. The molecule has 0 aromatic heterocycles. The number of hydrogen-bond acceptors (Lipinski definition) is 6. The molecule has 18 heavy (non-hydrogen) atoms. The first-order chi connectivity index (χ1) is 8.43. The quantitative estimate of drug-likeness (QED) is 0.291. The summed E-state index contributed by atoms with van der Waals surface area (Å²) in [5, 5.41) is 27.1. The van der Waals surface area contributed by atoms with Crippen molar-refractivity contribution in [2.45, 2.75) is 13.8 Å². The average molecular weight is 249 g/mol. The van der Waals surface area contributed by atoms with E-state index in [1.54, 1.807) is 6.07 Å². The van der Waals surface area contributed by atoms with E-state index in [0.717, 1.165) is 0 Å². The summed E-state index contributed by atoms with van der Waals surface area (Å²) in [7, 11) is 0. The molecule has 0 amide bonds. The van der Waals surface area contributed by atoms with Gasteiger partial charge in [0.15, 0.2) is 17.2 Å². The highest BCUT2D eigenvalue weighted by atomic mass is 16.6. The molecule has 0 fully saturated rings. The summed E-state index contributed by atoms with van der Waals surface area (Å²) in [6, 6.07) is 5.73. The van der Waals surface area contributed by atoms with Gasteiger partial charge in [0, 0.05) is 13.0 Å². The number of allylic oxidation sites excluding steroid dienone is 2. The minimum Gasteiger partial charge on any atom is -0.510 e. The lowest BCUT2D eigenvalue weighted by Gasteiger charge is -1.97. The van der Waals surface area contributed by atoms with E-state index in [9.17, 15) is 20.0 Å². The van der Waals surface area contributed by atoms with E-state index in [2.05, 4.69) is 10.2 Å². The van der Waals surface area contributed by atoms with Gasteiger partial charge in [0.25, 0.3) is 5.69 Å². The second-order valence-electron chi connectivity index (χ2n) is 3.44. The van der Waals surface area contributed by atoms with Gasteiger partial charge in [0.1, 0.15) is 5.76 Å². The van der Waals surface area contributed by atoms with E-state index >= 15 is 0 Å². The number of aliphatic hydroxyl groups excluding tert-OH is 1. The molecular weight excluding hydrogens is 238 g/mol. The van der Waals surface area contributed by atoms with Crippen molar-refractivity contribution >= 4 is 17.2 Å². The number of aliphatic hydroxyl groups is 1. The number of para-hydroxylation sites is 1. The molecule has 1 aromatic carbocycles. The van der Waals surface area contributed by atoms with E-state index < -0.39 is 10.7 Å². The Morgan fingerprint density at radius 2 is 1.94 bits per heavy atom. The van der Waals surface area contributed by atoms with Gasteiger partial charge in [-0.05, 0) is 13.0 Å². The van der Waals surface area contributed by atoms with Crippen LogP contribution in [0.15, 0.2) is 46.0 Å². The average Bonchev–Trinajstić information content (AvgIpc) is 2.28. The Bertz CT molecular complexity index is 545. The zero-order chi connectivity index (χ0) is 13.7. The van der Waals surface area contributed by atoms with Crippen molar-refractivity contribution in [1.29, 1.82) is 0 Å². The summed E-state index contributed by atoms with van der Waals surface area (Å²) in [6.45, 7) is 2.50. The second-order valence-corrected chi connectivity index (χ2v) is 3.44. The summed E-state index contributed by atoms with van der Waals surface area (Å²) >= 11 is 0. The van der Waals surface area contributed by atoms with Crippen LogP contribution in [0.1, 0.15) is 13.8 Å². The summed E-state index contributed by atoms with van der Waals surface area (Å²) in [5.41, 5.74) is -0.435. The molecule has 0 aliphatic heterocycles. The Kier molecular flexibility index (Phi) is 4.25. The SMILES string of the molecule is CC(=O)/C(N=Nc1ccccc1[N+](=O)[O-])=C(\C)O. The first-order valence-corrected chi connectivity index (χ1v) is 4.99. The van der Waals surface area contributed by atoms with Gasteiger partial charge < -0.3 is 5.11 Å². The summed E-state index contributed by atoms with van der Waals surface area (Å²) < 4.78 is 0. The molecule has 7 nitrogen and oxygen atoms in total. The smallest absolute Gasteiger partial charge is 0.296 e. The van der Waals surface area contributed by atoms with Crippen molar-refractivity contribution in [2.75, 3.05) is 0 Å². The van der Waals surface area contributed by atoms with Crippen LogP contribution in [-0.4, -0.2) is 15.8 Å². The lowest BCUT2D eigenvalue weighted by atomic mass is 10.3. The van der Waals surface area contributed by atoms with Crippen LogP contribution < -0.4 is 0 Å². The van der Waals surface area contributed by atoms with Gasteiger partial charge in [-0.25, -0.2) is 0 Å². The molecule has 0 heterocycles. The van der Waals surface area contributed by atoms with Gasteiger partial charge in [-0.3, -0.25) is 14.9 Å². The van der Waals surface area contributed by atoms with Crippen LogP contribution in [0.4, 0.5) is 11.4 Å². The molecule has 0 aliphatic carbocycles. The third kappa shape index (κ3) is 3.21. The molecule has 7 heteroatoms. The molecule has 0 aliphatic rings. The van der Waals surface area contributed by atoms with E-state index in [-0.39, 0.29) is 22.8 Å². The topological polar surface area (TPSA) is 105 Å². The van der Waals surface area contributed by atoms with Crippen molar-refractivity contribution in [2.24, 2.45) is 10.2 Å². The van der Waals surface area contributed by atoms with Gasteiger partial charge >= 0.3 is 0 Å². The maximum absolute atomic E-state index is 11.1. The van der Waals surface area contributed by atoms with Gasteiger partial charge in [-0.2, -0.15) is 0 Å². The number of carbonyl (C=O) groups is 1. The molecule has 0 radical (unpaired) electrons. The molecule has 0 spiro atoms. The minimum atomic E-state index is -0.600. The third-order valence-corrected chi connectivity index (χ3v) is 2.01. The molecular formula is C11H11N3O4. The van der Waals surface area contributed by atoms with Crippen molar-refractivity contribution in [3.05, 3.63) is 45.8 Å². The van der Waals surface area contributed by atoms with E-state index in [1.165, 1.54) is 32.0 Å². The zero-order valence-corrected chi connectivity index (χ0v) is 9.82. The van der Waals surface area contributed by atoms with Crippen molar-refractivity contribution in [3.63, 3.8) is 0 Å². The fourth-order valence-corrected chi connectivity index (χ4v) is 1.20. The number of nitrogens with zero attached hydrogens (tertiary/aromatic N) is 3. The number of hydrogen-bond donors (Lipinski definition) is 1. The highest BCUT2D eigenvalue weighted by molar-refractivity contribution is 5.93. The first-order valence-electron chi connectivity index (χ1n) is 4.99. The van der Waals surface area contributed by atoms with Crippen LogP contribution in [-0.2, 0) is 4.79 Å². The second kappa shape index (κ2) is 5.67. The van der Waals surface area contributed by atoms with Crippen LogP contribution in [0, 0.1) is 10.1 Å². The maximum Gasteiger partial charge on any atom is 0.296 e. The zero-order valence-electron chi connectivity index (χ0n) is 9.82. The lowest BCUT2D eigenvalue weighted by Crippen LogP contribution is -1.96. The first kappa shape index (κ1) is 13.5. The van der Waals surface area contributed by atoms with Crippen molar-refractivity contribution in [1.82, 2.24) is 0 Å². The standard InChI is InChI=1S/C11H11N3O4/c1-7(15)11(8(2)16)13-12-9-5-3-4-6-10(9)14(17)18/h3-6,15H,1-2H3/b11-7-,13-12?. The van der Waals surface area contributed by atoms with E-state index in [4.69, 9.17) is 0 Å². The molecule has 0 unspecified atom stereocenters. The predicted molar refractivity (Wildman–Crippen MR) is 63.6 cm³/mol. The monoisotopic (exact) mass is 249 g/mol. The molecule has 0 saturated carbocycles. The summed E-state index contributed by atoms with van der Waals surface area (Å²) in [6.07, 6.45) is 0. The molecule has 1 rings (SSSR count). The van der Waals surface area contributed by atoms with Crippen LogP contribution >= 0.6 is 0 Å². The highest BCUT2D eigenvalue weighted by Gasteiger charge is 2.13. The Labute approximate surface area is 103 Å². The Hall–Kier alpha value is -2.57. The number of Topliss-reactive ketones (excluding diaryl/α,β-unsaturated/α-hetero) is 1. The number of rotatable bonds is 4. The Balaban J connectivity index is 3.16. The minimum absolute atomic E-state index is 0.0162. The van der Waals surface area contributed by atoms with Crippen LogP contribution in [0.25, 0.3) is 0 Å². The van der Waals surface area contributed by atoms with Crippen LogP contribution in [0.5, 0.6) is 0 Å². The van der Waals surface area contributed by atoms with Crippen LogP contribution in [0.2, 0.25) is 0 Å². The number of ketones is 1. The van der Waals surface area contributed by atoms with Crippen molar-refractivity contribution < 1.29 is 14.8 Å². The van der Waals surface area contributed by atoms with Crippen LogP contribution in [0.3, 0.4) is 0 Å². The van der Waals surface area contributed by atoms with Gasteiger partial charge in [0.2, 0.25) is 0 Å². The number of nitro groups is 1. The normalized spacial score (nSPS) is 12.3. The molecule has 1 aromatic rings. The Morgan fingerprint density at radius 1 is 1.33 bits per heavy atom. The number of carbonyl (C=O) groups excluding carboxylic acids is 1. The van der Waals surface area contributed by atoms with Gasteiger partial charge in [-0.1, -0.05) is 12.1 Å². The highest BCUT2D eigenvalue weighted by Crippen LogP contribution is 2.27. The number of azo groups is 1. The predicted octanol–water partition coefficient (Wildman–Crippen LogP) is 3.06. The third-order valence-electron chi connectivity index (χ3n) is 2.01.